The summed E-state index contributed by atoms with van der Waals surface area (Å²) < 4.78 is 15.4. The van der Waals surface area contributed by atoms with E-state index < -0.39 is 0 Å². The van der Waals surface area contributed by atoms with Gasteiger partial charge in [-0.15, -0.1) is 0 Å². The van der Waals surface area contributed by atoms with Gasteiger partial charge < -0.3 is 24.5 Å². The first kappa shape index (κ1) is 31.2. The second-order valence-electron chi connectivity index (χ2n) is 8.78. The lowest BCUT2D eigenvalue weighted by atomic mass is 10.1. The van der Waals surface area contributed by atoms with Gasteiger partial charge in [0, 0.05) is 28.9 Å². The number of hydrogen-bond acceptors (Lipinski definition) is 9. The SMILES string of the molecule is CCSc1nc(-c2ccc(OC)cc2)cc(=O)[nH]1.COc1ccc(-c2cc(=O)[nH]c(Nc3ccc(OC)c(Cl)c3)n2)cc1. The fourth-order valence-electron chi connectivity index (χ4n) is 3.86. The molecule has 43 heavy (non-hydrogen) atoms. The largest absolute Gasteiger partial charge is 0.497 e. The van der Waals surface area contributed by atoms with E-state index in [4.69, 9.17) is 25.8 Å². The molecule has 0 spiro atoms. The van der Waals surface area contributed by atoms with Crippen molar-refractivity contribution in [1.82, 2.24) is 19.9 Å². The van der Waals surface area contributed by atoms with E-state index in [0.29, 0.717) is 39.0 Å². The molecule has 10 nitrogen and oxygen atoms in total. The van der Waals surface area contributed by atoms with Crippen molar-refractivity contribution in [3.63, 3.8) is 0 Å². The van der Waals surface area contributed by atoms with Crippen LogP contribution in [-0.2, 0) is 0 Å². The molecule has 3 aromatic carbocycles. The van der Waals surface area contributed by atoms with Crippen molar-refractivity contribution in [1.29, 1.82) is 0 Å². The lowest BCUT2D eigenvalue weighted by Gasteiger charge is -2.09. The van der Waals surface area contributed by atoms with E-state index in [2.05, 4.69) is 25.3 Å². The van der Waals surface area contributed by atoms with E-state index in [-0.39, 0.29) is 11.1 Å². The minimum atomic E-state index is -0.261. The summed E-state index contributed by atoms with van der Waals surface area (Å²) in [5, 5.41) is 4.15. The van der Waals surface area contributed by atoms with Crippen LogP contribution in [0.4, 0.5) is 11.6 Å². The van der Waals surface area contributed by atoms with Crippen LogP contribution in [0.25, 0.3) is 22.5 Å². The van der Waals surface area contributed by atoms with Crippen LogP contribution in [-0.4, -0.2) is 47.0 Å². The molecule has 222 valence electrons. The van der Waals surface area contributed by atoms with Gasteiger partial charge in [0.2, 0.25) is 5.95 Å². The average Bonchev–Trinajstić information content (AvgIpc) is 3.01. The number of aromatic amines is 2. The third-order valence-electron chi connectivity index (χ3n) is 5.93. The van der Waals surface area contributed by atoms with E-state index in [1.165, 1.54) is 23.9 Å². The zero-order chi connectivity index (χ0) is 30.8. The highest BCUT2D eigenvalue weighted by Crippen LogP contribution is 2.28. The maximum absolute atomic E-state index is 12.0. The lowest BCUT2D eigenvalue weighted by molar-refractivity contribution is 0.415. The molecular weight excluding hydrogens is 590 g/mol. The van der Waals surface area contributed by atoms with Crippen molar-refractivity contribution in [3.05, 3.63) is 105 Å². The minimum Gasteiger partial charge on any atom is -0.497 e. The molecular formula is C31H30ClN5O5S. The van der Waals surface area contributed by atoms with Crippen molar-refractivity contribution in [2.75, 3.05) is 32.4 Å². The molecule has 2 heterocycles. The molecule has 0 aliphatic rings. The standard InChI is InChI=1S/C18H16ClN3O3.C13H14N2O2S/c1-24-13-6-3-11(4-7-13)15-10-17(23)22-18(21-15)20-12-5-8-16(25-2)14(19)9-12;1-3-18-13-14-11(8-12(16)15-13)9-4-6-10(17-2)7-5-9/h3-10H,1-2H3,(H2,20,21,22,23);4-8H,3H2,1-2H3,(H,14,15,16). The molecule has 0 bridgehead atoms. The van der Waals surface area contributed by atoms with Gasteiger partial charge in [0.15, 0.2) is 5.16 Å². The van der Waals surface area contributed by atoms with E-state index in [9.17, 15) is 9.59 Å². The predicted molar refractivity (Wildman–Crippen MR) is 171 cm³/mol. The van der Waals surface area contributed by atoms with Crippen LogP contribution in [0.15, 0.2) is 93.6 Å². The molecule has 2 aromatic heterocycles. The van der Waals surface area contributed by atoms with Gasteiger partial charge >= 0.3 is 0 Å². The topological polar surface area (TPSA) is 131 Å². The van der Waals surface area contributed by atoms with Crippen LogP contribution in [0.3, 0.4) is 0 Å². The number of hydrogen-bond donors (Lipinski definition) is 3. The molecule has 0 saturated carbocycles. The van der Waals surface area contributed by atoms with Gasteiger partial charge in [-0.1, -0.05) is 30.3 Å². The Morgan fingerprint density at radius 2 is 1.30 bits per heavy atom. The Kier molecular flexibility index (Phi) is 10.8. The highest BCUT2D eigenvalue weighted by molar-refractivity contribution is 7.99. The molecule has 0 amide bonds. The van der Waals surface area contributed by atoms with E-state index >= 15 is 0 Å². The maximum atomic E-state index is 12.0. The summed E-state index contributed by atoms with van der Waals surface area (Å²) in [6.07, 6.45) is 0. The summed E-state index contributed by atoms with van der Waals surface area (Å²) in [7, 11) is 4.77. The van der Waals surface area contributed by atoms with Crippen molar-refractivity contribution in [3.8, 4) is 39.8 Å². The zero-order valence-electron chi connectivity index (χ0n) is 23.9. The molecule has 0 atom stereocenters. The third-order valence-corrected chi connectivity index (χ3v) is 6.98. The summed E-state index contributed by atoms with van der Waals surface area (Å²) in [6.45, 7) is 2.02. The molecule has 0 fully saturated rings. The van der Waals surface area contributed by atoms with E-state index in [1.54, 1.807) is 39.5 Å². The number of nitrogens with zero attached hydrogens (tertiary/aromatic N) is 2. The number of nitrogens with one attached hydrogen (secondary N) is 3. The first-order chi connectivity index (χ1) is 20.8. The number of halogens is 1. The molecule has 0 unspecified atom stereocenters. The molecule has 5 rings (SSSR count). The highest BCUT2D eigenvalue weighted by Gasteiger charge is 2.08. The van der Waals surface area contributed by atoms with Gasteiger partial charge in [0.05, 0.1) is 37.7 Å². The normalized spacial score (nSPS) is 10.3. The van der Waals surface area contributed by atoms with Crippen LogP contribution in [0, 0.1) is 0 Å². The van der Waals surface area contributed by atoms with E-state index in [1.807, 2.05) is 55.5 Å². The average molecular weight is 620 g/mol. The summed E-state index contributed by atoms with van der Waals surface area (Å²) >= 11 is 7.63. The van der Waals surface area contributed by atoms with Gasteiger partial charge in [0.1, 0.15) is 17.2 Å². The third kappa shape index (κ3) is 8.63. The monoisotopic (exact) mass is 619 g/mol. The second-order valence-corrected chi connectivity index (χ2v) is 10.4. The van der Waals surface area contributed by atoms with Crippen molar-refractivity contribution >= 4 is 35.0 Å². The van der Waals surface area contributed by atoms with Gasteiger partial charge in [0.25, 0.3) is 11.1 Å². The second kappa shape index (κ2) is 14.9. The van der Waals surface area contributed by atoms with Gasteiger partial charge in [-0.3, -0.25) is 14.6 Å². The molecule has 0 radical (unpaired) electrons. The van der Waals surface area contributed by atoms with E-state index in [0.717, 1.165) is 28.4 Å². The van der Waals surface area contributed by atoms with Crippen molar-refractivity contribution in [2.45, 2.75) is 12.1 Å². The zero-order valence-corrected chi connectivity index (χ0v) is 25.5. The molecule has 0 aliphatic carbocycles. The summed E-state index contributed by atoms with van der Waals surface area (Å²) in [5.74, 6) is 3.28. The number of H-pyrrole nitrogens is 2. The Hall–Kier alpha value is -4.74. The number of methoxy groups -OCH3 is 3. The number of anilines is 2. The Bertz CT molecular complexity index is 1780. The van der Waals surface area contributed by atoms with Crippen LogP contribution >= 0.6 is 23.4 Å². The molecule has 5 aromatic rings. The van der Waals surface area contributed by atoms with Crippen molar-refractivity contribution in [2.24, 2.45) is 0 Å². The Labute approximate surface area is 257 Å². The first-order valence-corrected chi connectivity index (χ1v) is 14.4. The fourth-order valence-corrected chi connectivity index (χ4v) is 4.72. The van der Waals surface area contributed by atoms with Crippen molar-refractivity contribution < 1.29 is 14.2 Å². The predicted octanol–water partition coefficient (Wildman–Crippen LogP) is 6.41. The number of thioether (sulfide) groups is 1. The molecule has 0 aliphatic heterocycles. The summed E-state index contributed by atoms with van der Waals surface area (Å²) in [5.41, 5.74) is 3.23. The fraction of sp³-hybridized carbons (Fsp3) is 0.161. The van der Waals surface area contributed by atoms with Gasteiger partial charge in [-0.05, 0) is 72.5 Å². The molecule has 0 saturated heterocycles. The number of aromatic nitrogens is 4. The quantitative estimate of drug-likeness (QED) is 0.126. The first-order valence-electron chi connectivity index (χ1n) is 13.1. The minimum absolute atomic E-state index is 0.133. The Morgan fingerprint density at radius 3 is 1.81 bits per heavy atom. The lowest BCUT2D eigenvalue weighted by Crippen LogP contribution is -2.10. The maximum Gasteiger partial charge on any atom is 0.252 e. The number of ether oxygens (including phenoxy) is 3. The highest BCUT2D eigenvalue weighted by atomic mass is 35.5. The smallest absolute Gasteiger partial charge is 0.252 e. The van der Waals surface area contributed by atoms with Crippen LogP contribution in [0.1, 0.15) is 6.92 Å². The Balaban J connectivity index is 0.000000208. The van der Waals surface area contributed by atoms with Gasteiger partial charge in [-0.2, -0.15) is 0 Å². The van der Waals surface area contributed by atoms with Crippen LogP contribution in [0.2, 0.25) is 5.02 Å². The molecule has 12 heteroatoms. The number of rotatable bonds is 9. The Morgan fingerprint density at radius 1 is 0.744 bits per heavy atom. The van der Waals surface area contributed by atoms with Crippen LogP contribution in [0.5, 0.6) is 17.2 Å². The van der Waals surface area contributed by atoms with Gasteiger partial charge in [-0.25, -0.2) is 9.97 Å². The summed E-state index contributed by atoms with van der Waals surface area (Å²) in [4.78, 5) is 37.7. The molecule has 3 N–H and O–H groups in total. The number of benzene rings is 3. The van der Waals surface area contributed by atoms with Crippen LogP contribution < -0.4 is 30.6 Å². The summed E-state index contributed by atoms with van der Waals surface area (Å²) in [6, 6.07) is 22.9.